The Morgan fingerprint density at radius 2 is 2.04 bits per heavy atom. The number of aliphatic hydroxyl groups is 1. The lowest BCUT2D eigenvalue weighted by Gasteiger charge is -2.48. The number of anilines is 1. The van der Waals surface area contributed by atoms with Crippen molar-refractivity contribution in [1.82, 2.24) is 0 Å². The highest BCUT2D eigenvalue weighted by Gasteiger charge is 2.57. The molecular weight excluding hydrogens is 335 g/mol. The lowest BCUT2D eigenvalue weighted by atomic mass is 9.83. The molecule has 134 valence electrons. The summed E-state index contributed by atoms with van der Waals surface area (Å²) < 4.78 is 47.3. The van der Waals surface area contributed by atoms with Gasteiger partial charge in [-0.2, -0.15) is 0 Å². The van der Waals surface area contributed by atoms with E-state index < -0.39 is 35.2 Å². The molecule has 4 rings (SSSR count). The van der Waals surface area contributed by atoms with Crippen LogP contribution in [0.2, 0.25) is 0 Å². The Balaban J connectivity index is 1.98. The molecule has 0 amide bonds. The lowest BCUT2D eigenvalue weighted by molar-refractivity contribution is -0.138. The normalized spacial score (nSPS) is 23.4. The zero-order valence-electron chi connectivity index (χ0n) is 13.7. The number of esters is 1. The van der Waals surface area contributed by atoms with E-state index in [0.29, 0.717) is 6.42 Å². The van der Waals surface area contributed by atoms with Gasteiger partial charge in [-0.15, -0.1) is 0 Å². The third kappa shape index (κ3) is 2.17. The molecule has 1 unspecified atom stereocenters. The standard InChI is InChI=1S/C18H18F3NO3/c1-2-25-17(24)12-11-4-3-5-18(6-7-18)22(11)15-9(16(12)23)8-10(19)13(20)14(15)21/h8,11,23H,2-7H2,1H3. The van der Waals surface area contributed by atoms with Crippen molar-refractivity contribution in [2.75, 3.05) is 11.5 Å². The number of hydrogen-bond donors (Lipinski definition) is 1. The molecule has 1 aliphatic carbocycles. The molecule has 1 saturated heterocycles. The Bertz CT molecular complexity index is 801. The molecule has 1 aromatic carbocycles. The first kappa shape index (κ1) is 16.3. The predicted molar refractivity (Wildman–Crippen MR) is 84.6 cm³/mol. The number of nitrogens with zero attached hydrogens (tertiary/aromatic N) is 1. The Labute approximate surface area is 142 Å². The number of piperidine rings is 1. The maximum Gasteiger partial charge on any atom is 0.339 e. The van der Waals surface area contributed by atoms with Crippen molar-refractivity contribution in [3.05, 3.63) is 34.7 Å². The average Bonchev–Trinajstić information content (AvgIpc) is 3.33. The van der Waals surface area contributed by atoms with Crippen LogP contribution in [0.5, 0.6) is 0 Å². The number of carbonyl (C=O) groups is 1. The third-order valence-corrected chi connectivity index (χ3v) is 5.49. The summed E-state index contributed by atoms with van der Waals surface area (Å²) in [4.78, 5) is 14.1. The van der Waals surface area contributed by atoms with E-state index in [9.17, 15) is 23.1 Å². The van der Waals surface area contributed by atoms with Crippen LogP contribution in [0.25, 0.3) is 5.76 Å². The van der Waals surface area contributed by atoms with Gasteiger partial charge in [0.25, 0.3) is 0 Å². The number of hydrogen-bond acceptors (Lipinski definition) is 4. The zero-order chi connectivity index (χ0) is 17.9. The van der Waals surface area contributed by atoms with Gasteiger partial charge >= 0.3 is 5.97 Å². The van der Waals surface area contributed by atoms with Crippen LogP contribution in [0.1, 0.15) is 44.6 Å². The second-order valence-corrected chi connectivity index (χ2v) is 6.87. The number of carbonyl (C=O) groups excluding carboxylic acids is 1. The van der Waals surface area contributed by atoms with Crippen LogP contribution < -0.4 is 4.90 Å². The summed E-state index contributed by atoms with van der Waals surface area (Å²) in [6.07, 6.45) is 3.69. The van der Waals surface area contributed by atoms with Gasteiger partial charge in [-0.25, -0.2) is 18.0 Å². The molecule has 0 bridgehead atoms. The van der Waals surface area contributed by atoms with E-state index in [-0.39, 0.29) is 29.0 Å². The summed E-state index contributed by atoms with van der Waals surface area (Å²) in [6, 6.07) is 0.158. The van der Waals surface area contributed by atoms with Crippen molar-refractivity contribution < 1.29 is 27.8 Å². The second kappa shape index (κ2) is 5.41. The molecule has 0 aromatic heterocycles. The summed E-state index contributed by atoms with van der Waals surface area (Å²) >= 11 is 0. The fourth-order valence-corrected chi connectivity index (χ4v) is 4.25. The SMILES string of the molecule is CCOC(=O)C1=C(O)c2cc(F)c(F)c(F)c2N2C1CCCC21CC1. The van der Waals surface area contributed by atoms with Gasteiger partial charge in [-0.3, -0.25) is 0 Å². The van der Waals surface area contributed by atoms with Gasteiger partial charge in [0.15, 0.2) is 17.5 Å². The second-order valence-electron chi connectivity index (χ2n) is 6.87. The van der Waals surface area contributed by atoms with Crippen molar-refractivity contribution in [2.24, 2.45) is 0 Å². The van der Waals surface area contributed by atoms with Gasteiger partial charge < -0.3 is 14.7 Å². The molecule has 1 spiro atoms. The Morgan fingerprint density at radius 3 is 2.68 bits per heavy atom. The van der Waals surface area contributed by atoms with E-state index in [1.54, 1.807) is 11.8 Å². The molecule has 1 aromatic rings. The highest BCUT2D eigenvalue weighted by Crippen LogP contribution is 2.57. The minimum Gasteiger partial charge on any atom is -0.507 e. The van der Waals surface area contributed by atoms with Crippen LogP contribution in [0.4, 0.5) is 18.9 Å². The van der Waals surface area contributed by atoms with Crippen LogP contribution in [0, 0.1) is 17.5 Å². The monoisotopic (exact) mass is 353 g/mol. The first-order chi connectivity index (χ1) is 11.9. The first-order valence-corrected chi connectivity index (χ1v) is 8.48. The minimum atomic E-state index is -1.56. The van der Waals surface area contributed by atoms with Crippen LogP contribution in [-0.4, -0.2) is 29.3 Å². The molecule has 2 heterocycles. The lowest BCUT2D eigenvalue weighted by Crippen LogP contribution is -2.53. The molecule has 25 heavy (non-hydrogen) atoms. The zero-order valence-corrected chi connectivity index (χ0v) is 13.7. The average molecular weight is 353 g/mol. The number of ether oxygens (including phenoxy) is 1. The number of benzene rings is 1. The van der Waals surface area contributed by atoms with Crippen LogP contribution >= 0.6 is 0 Å². The highest BCUT2D eigenvalue weighted by atomic mass is 19.2. The molecule has 4 nitrogen and oxygen atoms in total. The van der Waals surface area contributed by atoms with E-state index in [1.165, 1.54) is 0 Å². The van der Waals surface area contributed by atoms with E-state index in [4.69, 9.17) is 4.74 Å². The topological polar surface area (TPSA) is 49.8 Å². The molecule has 2 aliphatic heterocycles. The van der Waals surface area contributed by atoms with Gasteiger partial charge in [-0.1, -0.05) is 0 Å². The predicted octanol–water partition coefficient (Wildman–Crippen LogP) is 3.84. The number of rotatable bonds is 2. The van der Waals surface area contributed by atoms with Crippen molar-refractivity contribution in [2.45, 2.75) is 50.6 Å². The summed E-state index contributed by atoms with van der Waals surface area (Å²) in [7, 11) is 0. The van der Waals surface area contributed by atoms with E-state index >= 15 is 0 Å². The van der Waals surface area contributed by atoms with E-state index in [0.717, 1.165) is 31.7 Å². The van der Waals surface area contributed by atoms with Crippen molar-refractivity contribution >= 4 is 17.4 Å². The molecule has 1 atom stereocenters. The third-order valence-electron chi connectivity index (χ3n) is 5.49. The summed E-state index contributed by atoms with van der Waals surface area (Å²) in [5.41, 5.74) is -0.692. The number of halogens is 3. The van der Waals surface area contributed by atoms with Crippen molar-refractivity contribution in [1.29, 1.82) is 0 Å². The van der Waals surface area contributed by atoms with Crippen LogP contribution in [0.3, 0.4) is 0 Å². The molecule has 3 aliphatic rings. The van der Waals surface area contributed by atoms with Gasteiger partial charge in [0.2, 0.25) is 0 Å². The van der Waals surface area contributed by atoms with E-state index in [1.807, 2.05) is 0 Å². The molecule has 1 saturated carbocycles. The Hall–Kier alpha value is -2.18. The van der Waals surface area contributed by atoms with Gasteiger partial charge in [-0.05, 0) is 45.1 Å². The van der Waals surface area contributed by atoms with Gasteiger partial charge in [0.1, 0.15) is 11.3 Å². The Morgan fingerprint density at radius 1 is 1.32 bits per heavy atom. The number of aliphatic hydroxyl groups excluding tert-OH is 1. The smallest absolute Gasteiger partial charge is 0.339 e. The molecule has 2 fully saturated rings. The fraction of sp³-hybridized carbons (Fsp3) is 0.500. The first-order valence-electron chi connectivity index (χ1n) is 8.48. The minimum absolute atomic E-state index is 0.00531. The largest absolute Gasteiger partial charge is 0.507 e. The molecule has 7 heteroatoms. The van der Waals surface area contributed by atoms with Crippen LogP contribution in [0.15, 0.2) is 11.6 Å². The quantitative estimate of drug-likeness (QED) is 0.648. The highest BCUT2D eigenvalue weighted by molar-refractivity contribution is 6.01. The molecule has 1 N–H and O–H groups in total. The van der Waals surface area contributed by atoms with Crippen LogP contribution in [-0.2, 0) is 9.53 Å². The maximum absolute atomic E-state index is 14.6. The van der Waals surface area contributed by atoms with Crippen molar-refractivity contribution in [3.8, 4) is 0 Å². The molecular formula is C18H18F3NO3. The Kier molecular flexibility index (Phi) is 3.53. The van der Waals surface area contributed by atoms with Crippen molar-refractivity contribution in [3.63, 3.8) is 0 Å². The van der Waals surface area contributed by atoms with Gasteiger partial charge in [0, 0.05) is 11.1 Å². The summed E-state index contributed by atoms with van der Waals surface area (Å²) in [6.45, 7) is 1.76. The maximum atomic E-state index is 14.6. The fourth-order valence-electron chi connectivity index (χ4n) is 4.25. The van der Waals surface area contributed by atoms with E-state index in [2.05, 4.69) is 0 Å². The summed E-state index contributed by atoms with van der Waals surface area (Å²) in [5.74, 6) is -5.51. The number of fused-ring (bicyclic) bond motifs is 4. The molecule has 0 radical (unpaired) electrons. The summed E-state index contributed by atoms with van der Waals surface area (Å²) in [5, 5.41) is 10.6. The van der Waals surface area contributed by atoms with Gasteiger partial charge in [0.05, 0.1) is 18.3 Å².